The first-order valence-electron chi connectivity index (χ1n) is 5.73. The number of rotatable bonds is 4. The predicted octanol–water partition coefficient (Wildman–Crippen LogP) is 2.62. The van der Waals surface area contributed by atoms with Gasteiger partial charge in [0.2, 0.25) is 10.0 Å². The Morgan fingerprint density at radius 2 is 2.15 bits per heavy atom. The number of anilines is 1. The molecule has 1 aromatic carbocycles. The summed E-state index contributed by atoms with van der Waals surface area (Å²) in [7, 11) is -2.04. The number of thiazole rings is 1. The van der Waals surface area contributed by atoms with Crippen LogP contribution in [0.3, 0.4) is 0 Å². The van der Waals surface area contributed by atoms with Crippen molar-refractivity contribution in [3.8, 4) is 0 Å². The van der Waals surface area contributed by atoms with Crippen molar-refractivity contribution in [3.63, 3.8) is 0 Å². The number of sulfonamides is 1. The predicted molar refractivity (Wildman–Crippen MR) is 84.1 cm³/mol. The molecule has 8 heteroatoms. The SMILES string of the molecule is Cc1nc(CN(C)S(=O)(=O)c2ccc(Br)c(N)c2)cs1. The Bertz CT molecular complexity index is 728. The van der Waals surface area contributed by atoms with E-state index >= 15 is 0 Å². The molecule has 20 heavy (non-hydrogen) atoms. The molecule has 1 aromatic heterocycles. The molecule has 0 spiro atoms. The molecule has 2 rings (SSSR count). The molecule has 0 aliphatic rings. The van der Waals surface area contributed by atoms with Crippen molar-refractivity contribution >= 4 is 43.0 Å². The first kappa shape index (κ1) is 15.4. The van der Waals surface area contributed by atoms with E-state index in [0.717, 1.165) is 10.7 Å². The van der Waals surface area contributed by atoms with E-state index in [2.05, 4.69) is 20.9 Å². The summed E-state index contributed by atoms with van der Waals surface area (Å²) in [4.78, 5) is 4.44. The van der Waals surface area contributed by atoms with Crippen molar-refractivity contribution in [2.45, 2.75) is 18.4 Å². The van der Waals surface area contributed by atoms with Crippen LogP contribution in [-0.2, 0) is 16.6 Å². The van der Waals surface area contributed by atoms with E-state index in [1.165, 1.54) is 34.8 Å². The van der Waals surface area contributed by atoms with E-state index in [-0.39, 0.29) is 11.4 Å². The van der Waals surface area contributed by atoms with Crippen LogP contribution in [0.4, 0.5) is 5.69 Å². The zero-order valence-corrected chi connectivity index (χ0v) is 14.2. The Kier molecular flexibility index (Phi) is 4.48. The number of aromatic nitrogens is 1. The highest BCUT2D eigenvalue weighted by molar-refractivity contribution is 9.10. The molecule has 0 fully saturated rings. The second kappa shape index (κ2) is 5.80. The third-order valence-electron chi connectivity index (χ3n) is 2.73. The van der Waals surface area contributed by atoms with Crippen molar-refractivity contribution in [3.05, 3.63) is 38.8 Å². The van der Waals surface area contributed by atoms with E-state index in [4.69, 9.17) is 5.73 Å². The topological polar surface area (TPSA) is 76.3 Å². The molecule has 0 saturated heterocycles. The fraction of sp³-hybridized carbons (Fsp3) is 0.250. The summed E-state index contributed by atoms with van der Waals surface area (Å²) in [5.74, 6) is 0. The molecular weight excluding hydrogens is 362 g/mol. The minimum atomic E-state index is -3.57. The summed E-state index contributed by atoms with van der Waals surface area (Å²) < 4.78 is 26.8. The van der Waals surface area contributed by atoms with Crippen LogP contribution in [0.1, 0.15) is 10.7 Å². The fourth-order valence-corrected chi connectivity index (χ4v) is 3.68. The monoisotopic (exact) mass is 375 g/mol. The van der Waals surface area contributed by atoms with Crippen molar-refractivity contribution in [1.82, 2.24) is 9.29 Å². The number of aryl methyl sites for hydroxylation is 1. The average Bonchev–Trinajstić information content (AvgIpc) is 2.78. The summed E-state index contributed by atoms with van der Waals surface area (Å²) in [6, 6.07) is 4.60. The van der Waals surface area contributed by atoms with Gasteiger partial charge in [0.15, 0.2) is 0 Å². The quantitative estimate of drug-likeness (QED) is 0.833. The normalized spacial score (nSPS) is 12.0. The molecule has 0 atom stereocenters. The van der Waals surface area contributed by atoms with Crippen LogP contribution in [-0.4, -0.2) is 24.8 Å². The summed E-state index contributed by atoms with van der Waals surface area (Å²) in [5, 5.41) is 2.77. The molecule has 0 saturated carbocycles. The van der Waals surface area contributed by atoms with E-state index in [0.29, 0.717) is 10.2 Å². The third kappa shape index (κ3) is 3.20. The minimum Gasteiger partial charge on any atom is -0.398 e. The fourth-order valence-electron chi connectivity index (χ4n) is 1.66. The smallest absolute Gasteiger partial charge is 0.243 e. The molecule has 2 N–H and O–H groups in total. The Morgan fingerprint density at radius 3 is 2.70 bits per heavy atom. The molecular formula is C12H14BrN3O2S2. The van der Waals surface area contributed by atoms with Crippen LogP contribution >= 0.6 is 27.3 Å². The number of halogens is 1. The number of nitrogens with two attached hydrogens (primary N) is 1. The third-order valence-corrected chi connectivity index (χ3v) is 6.07. The molecule has 1 heterocycles. The van der Waals surface area contributed by atoms with E-state index in [9.17, 15) is 8.42 Å². The van der Waals surface area contributed by atoms with Gasteiger partial charge in [-0.25, -0.2) is 13.4 Å². The number of nitrogen functional groups attached to an aromatic ring is 1. The lowest BCUT2D eigenvalue weighted by molar-refractivity contribution is 0.463. The van der Waals surface area contributed by atoms with Gasteiger partial charge in [0, 0.05) is 22.6 Å². The van der Waals surface area contributed by atoms with E-state index in [1.807, 2.05) is 12.3 Å². The summed E-state index contributed by atoms with van der Waals surface area (Å²) in [6.45, 7) is 2.13. The second-order valence-corrected chi connectivity index (χ2v) is 8.26. The lowest BCUT2D eigenvalue weighted by Crippen LogP contribution is -2.26. The van der Waals surface area contributed by atoms with Gasteiger partial charge in [-0.2, -0.15) is 4.31 Å². The lowest BCUT2D eigenvalue weighted by atomic mass is 10.3. The van der Waals surface area contributed by atoms with Gasteiger partial charge < -0.3 is 5.73 Å². The first-order chi connectivity index (χ1) is 9.30. The maximum atomic E-state index is 12.4. The summed E-state index contributed by atoms with van der Waals surface area (Å²) >= 11 is 4.75. The van der Waals surface area contributed by atoms with Crippen LogP contribution in [0.5, 0.6) is 0 Å². The number of hydrogen-bond donors (Lipinski definition) is 1. The molecule has 2 aromatic rings. The molecule has 0 aliphatic carbocycles. The van der Waals surface area contributed by atoms with Gasteiger partial charge in [-0.3, -0.25) is 0 Å². The molecule has 0 amide bonds. The molecule has 0 radical (unpaired) electrons. The molecule has 0 unspecified atom stereocenters. The van der Waals surface area contributed by atoms with Gasteiger partial charge in [0.25, 0.3) is 0 Å². The molecule has 108 valence electrons. The Labute approximate surface area is 130 Å². The summed E-state index contributed by atoms with van der Waals surface area (Å²) in [6.07, 6.45) is 0. The van der Waals surface area contributed by atoms with Crippen molar-refractivity contribution in [1.29, 1.82) is 0 Å². The van der Waals surface area contributed by atoms with Crippen molar-refractivity contribution < 1.29 is 8.42 Å². The zero-order valence-electron chi connectivity index (χ0n) is 11.0. The lowest BCUT2D eigenvalue weighted by Gasteiger charge is -2.16. The van der Waals surface area contributed by atoms with Gasteiger partial charge in [0.1, 0.15) is 0 Å². The standard InChI is InChI=1S/C12H14BrN3O2S2/c1-8-15-9(7-19-8)6-16(2)20(17,18)10-3-4-11(13)12(14)5-10/h3-5,7H,6,14H2,1-2H3. The molecule has 0 bridgehead atoms. The van der Waals surface area contributed by atoms with Crippen LogP contribution < -0.4 is 5.73 Å². The maximum Gasteiger partial charge on any atom is 0.243 e. The molecule has 5 nitrogen and oxygen atoms in total. The largest absolute Gasteiger partial charge is 0.398 e. The number of benzene rings is 1. The molecule has 0 aliphatic heterocycles. The van der Waals surface area contributed by atoms with Crippen LogP contribution in [0.2, 0.25) is 0 Å². The Hall–Kier alpha value is -0.960. The number of hydrogen-bond acceptors (Lipinski definition) is 5. The van der Waals surface area contributed by atoms with Gasteiger partial charge >= 0.3 is 0 Å². The summed E-state index contributed by atoms with van der Waals surface area (Å²) in [5.41, 5.74) is 6.86. The van der Waals surface area contributed by atoms with Crippen molar-refractivity contribution in [2.75, 3.05) is 12.8 Å². The highest BCUT2D eigenvalue weighted by Gasteiger charge is 2.22. The Morgan fingerprint density at radius 1 is 1.45 bits per heavy atom. The van der Waals surface area contributed by atoms with Crippen LogP contribution in [0.15, 0.2) is 32.9 Å². The zero-order chi connectivity index (χ0) is 14.9. The van der Waals surface area contributed by atoms with Crippen molar-refractivity contribution in [2.24, 2.45) is 0 Å². The highest BCUT2D eigenvalue weighted by atomic mass is 79.9. The second-order valence-electron chi connectivity index (χ2n) is 4.30. The minimum absolute atomic E-state index is 0.174. The van der Waals surface area contributed by atoms with Crippen LogP contribution in [0, 0.1) is 6.92 Å². The van der Waals surface area contributed by atoms with E-state index in [1.54, 1.807) is 6.07 Å². The van der Waals surface area contributed by atoms with Gasteiger partial charge in [-0.05, 0) is 41.1 Å². The maximum absolute atomic E-state index is 12.4. The van der Waals surface area contributed by atoms with Gasteiger partial charge in [-0.1, -0.05) is 0 Å². The Balaban J connectivity index is 2.27. The van der Waals surface area contributed by atoms with Crippen LogP contribution in [0.25, 0.3) is 0 Å². The highest BCUT2D eigenvalue weighted by Crippen LogP contribution is 2.25. The number of nitrogens with zero attached hydrogens (tertiary/aromatic N) is 2. The van der Waals surface area contributed by atoms with E-state index < -0.39 is 10.0 Å². The van der Waals surface area contributed by atoms with Gasteiger partial charge in [0.05, 0.1) is 22.1 Å². The first-order valence-corrected chi connectivity index (χ1v) is 8.84. The average molecular weight is 376 g/mol. The van der Waals surface area contributed by atoms with Gasteiger partial charge in [-0.15, -0.1) is 11.3 Å².